The molecule has 0 spiro atoms. The van der Waals surface area contributed by atoms with E-state index in [1.54, 1.807) is 14.0 Å². The lowest BCUT2D eigenvalue weighted by Gasteiger charge is -2.08. The van der Waals surface area contributed by atoms with Crippen molar-refractivity contribution < 1.29 is 14.5 Å². The number of benzene rings is 1. The molecule has 21 heavy (non-hydrogen) atoms. The minimum Gasteiger partial charge on any atom is -0.383 e. The van der Waals surface area contributed by atoms with E-state index in [9.17, 15) is 14.9 Å². The van der Waals surface area contributed by atoms with Gasteiger partial charge in [-0.3, -0.25) is 14.9 Å². The number of amides is 1. The van der Waals surface area contributed by atoms with Crippen LogP contribution in [0.1, 0.15) is 15.9 Å². The summed E-state index contributed by atoms with van der Waals surface area (Å²) in [4.78, 5) is 22.0. The van der Waals surface area contributed by atoms with Crippen LogP contribution in [0.15, 0.2) is 18.2 Å². The Morgan fingerprint density at radius 1 is 1.33 bits per heavy atom. The van der Waals surface area contributed by atoms with E-state index < -0.39 is 4.92 Å². The average molecular weight is 318 g/mol. The third kappa shape index (κ3) is 6.52. The number of carbonyl (C=O) groups excluding carboxylic acids is 1. The Hall–Kier alpha value is -1.70. The number of hydrogen-bond acceptors (Lipinski definition) is 5. The largest absolute Gasteiger partial charge is 0.383 e. The summed E-state index contributed by atoms with van der Waals surface area (Å²) in [5.41, 5.74) is 1.02. The van der Waals surface area contributed by atoms with E-state index in [1.807, 2.05) is 0 Å². The van der Waals surface area contributed by atoms with Gasteiger partial charge in [0.05, 0.1) is 11.5 Å². The zero-order valence-electron chi connectivity index (χ0n) is 12.0. The van der Waals surface area contributed by atoms with Crippen molar-refractivity contribution in [2.75, 3.05) is 33.4 Å². The SMILES string of the molecule is COCCNCCNC(=O)c1ccc([N+](=O)[O-])cc1C.Cl. The molecule has 0 fully saturated rings. The first kappa shape index (κ1) is 19.3. The monoisotopic (exact) mass is 317 g/mol. The molecule has 0 saturated heterocycles. The van der Waals surface area contributed by atoms with E-state index in [0.29, 0.717) is 30.8 Å². The molecule has 0 aliphatic rings. The Balaban J connectivity index is 0.00000400. The van der Waals surface area contributed by atoms with Crippen LogP contribution in [-0.4, -0.2) is 44.2 Å². The second-order valence-electron chi connectivity index (χ2n) is 4.26. The van der Waals surface area contributed by atoms with Crippen molar-refractivity contribution in [3.05, 3.63) is 39.4 Å². The molecule has 2 N–H and O–H groups in total. The maximum atomic E-state index is 11.9. The highest BCUT2D eigenvalue weighted by molar-refractivity contribution is 5.95. The van der Waals surface area contributed by atoms with Gasteiger partial charge in [0.2, 0.25) is 0 Å². The van der Waals surface area contributed by atoms with Crippen LogP contribution < -0.4 is 10.6 Å². The van der Waals surface area contributed by atoms with Gasteiger partial charge in [-0.05, 0) is 18.6 Å². The number of halogens is 1. The summed E-state index contributed by atoms with van der Waals surface area (Å²) in [6.45, 7) is 4.15. The van der Waals surface area contributed by atoms with Crippen LogP contribution in [0.25, 0.3) is 0 Å². The lowest BCUT2D eigenvalue weighted by molar-refractivity contribution is -0.384. The second kappa shape index (κ2) is 10.1. The third-order valence-corrected chi connectivity index (χ3v) is 2.74. The maximum absolute atomic E-state index is 11.9. The molecule has 0 heterocycles. The van der Waals surface area contributed by atoms with Gasteiger partial charge in [0.25, 0.3) is 11.6 Å². The summed E-state index contributed by atoms with van der Waals surface area (Å²) in [6.07, 6.45) is 0. The summed E-state index contributed by atoms with van der Waals surface area (Å²) in [5, 5.41) is 16.5. The number of nitrogens with one attached hydrogen (secondary N) is 2. The van der Waals surface area contributed by atoms with Crippen molar-refractivity contribution in [3.63, 3.8) is 0 Å². The first-order chi connectivity index (χ1) is 9.56. The highest BCUT2D eigenvalue weighted by Crippen LogP contribution is 2.16. The normalized spacial score (nSPS) is 9.81. The Labute approximate surface area is 129 Å². The molecule has 1 rings (SSSR count). The molecule has 7 nitrogen and oxygen atoms in total. The molecule has 0 aromatic heterocycles. The van der Waals surface area contributed by atoms with Crippen LogP contribution in [0.5, 0.6) is 0 Å². The Morgan fingerprint density at radius 3 is 2.62 bits per heavy atom. The van der Waals surface area contributed by atoms with Gasteiger partial charge in [-0.15, -0.1) is 12.4 Å². The fourth-order valence-electron chi connectivity index (χ4n) is 1.68. The number of carbonyl (C=O) groups is 1. The van der Waals surface area contributed by atoms with Crippen molar-refractivity contribution in [2.24, 2.45) is 0 Å². The predicted molar refractivity (Wildman–Crippen MR) is 82.2 cm³/mol. The molecule has 0 saturated carbocycles. The molecule has 1 aromatic carbocycles. The van der Waals surface area contributed by atoms with E-state index >= 15 is 0 Å². The number of aryl methyl sites for hydroxylation is 1. The molecular weight excluding hydrogens is 298 g/mol. The molecule has 118 valence electrons. The van der Waals surface area contributed by atoms with Gasteiger partial charge in [0, 0.05) is 44.4 Å². The Kier molecular flexibility index (Phi) is 9.27. The zero-order chi connectivity index (χ0) is 15.0. The molecule has 0 aliphatic heterocycles. The quantitative estimate of drug-likeness (QED) is 0.428. The van der Waals surface area contributed by atoms with Crippen molar-refractivity contribution in [3.8, 4) is 0 Å². The molecule has 1 amide bonds. The van der Waals surface area contributed by atoms with Crippen LogP contribution in [0.4, 0.5) is 5.69 Å². The van der Waals surface area contributed by atoms with Crippen LogP contribution in [0.2, 0.25) is 0 Å². The van der Waals surface area contributed by atoms with Crippen molar-refractivity contribution >= 4 is 24.0 Å². The molecule has 0 bridgehead atoms. The topological polar surface area (TPSA) is 93.5 Å². The van der Waals surface area contributed by atoms with Crippen molar-refractivity contribution in [2.45, 2.75) is 6.92 Å². The molecule has 0 aliphatic carbocycles. The first-order valence-electron chi connectivity index (χ1n) is 6.29. The Morgan fingerprint density at radius 2 is 2.05 bits per heavy atom. The minimum atomic E-state index is -0.478. The number of non-ortho nitro benzene ring substituents is 1. The van der Waals surface area contributed by atoms with Crippen molar-refractivity contribution in [1.29, 1.82) is 0 Å². The van der Waals surface area contributed by atoms with Gasteiger partial charge in [-0.1, -0.05) is 0 Å². The first-order valence-corrected chi connectivity index (χ1v) is 6.29. The number of methoxy groups -OCH3 is 1. The van der Waals surface area contributed by atoms with Gasteiger partial charge >= 0.3 is 0 Å². The van der Waals surface area contributed by atoms with E-state index in [0.717, 1.165) is 6.54 Å². The summed E-state index contributed by atoms with van der Waals surface area (Å²) in [7, 11) is 1.63. The predicted octanol–water partition coefficient (Wildman–Crippen LogP) is 1.29. The number of nitrogens with zero attached hydrogens (tertiary/aromatic N) is 1. The number of ether oxygens (including phenoxy) is 1. The van der Waals surface area contributed by atoms with E-state index in [2.05, 4.69) is 10.6 Å². The number of nitro groups is 1. The summed E-state index contributed by atoms with van der Waals surface area (Å²) >= 11 is 0. The summed E-state index contributed by atoms with van der Waals surface area (Å²) < 4.78 is 4.88. The van der Waals surface area contributed by atoms with Gasteiger partial charge in [-0.25, -0.2) is 0 Å². The minimum absolute atomic E-state index is 0. The van der Waals surface area contributed by atoms with Gasteiger partial charge < -0.3 is 15.4 Å². The average Bonchev–Trinajstić information content (AvgIpc) is 2.42. The van der Waals surface area contributed by atoms with E-state index in [-0.39, 0.29) is 24.0 Å². The van der Waals surface area contributed by atoms with Crippen LogP contribution in [-0.2, 0) is 4.74 Å². The number of nitro benzene ring substituents is 1. The second-order valence-corrected chi connectivity index (χ2v) is 4.26. The van der Waals surface area contributed by atoms with Crippen molar-refractivity contribution in [1.82, 2.24) is 10.6 Å². The lowest BCUT2D eigenvalue weighted by atomic mass is 10.1. The maximum Gasteiger partial charge on any atom is 0.269 e. The highest BCUT2D eigenvalue weighted by Gasteiger charge is 2.12. The van der Waals surface area contributed by atoms with Crippen LogP contribution in [0, 0.1) is 17.0 Å². The highest BCUT2D eigenvalue weighted by atomic mass is 35.5. The summed E-state index contributed by atoms with van der Waals surface area (Å²) in [6, 6.07) is 4.20. The molecule has 0 radical (unpaired) electrons. The molecule has 0 unspecified atom stereocenters. The van der Waals surface area contributed by atoms with E-state index in [4.69, 9.17) is 4.74 Å². The number of hydrogen-bond donors (Lipinski definition) is 2. The molecule has 1 aromatic rings. The fourth-order valence-corrected chi connectivity index (χ4v) is 1.68. The zero-order valence-corrected chi connectivity index (χ0v) is 12.9. The van der Waals surface area contributed by atoms with Gasteiger partial charge in [0.15, 0.2) is 0 Å². The van der Waals surface area contributed by atoms with Gasteiger partial charge in [0.1, 0.15) is 0 Å². The standard InChI is InChI=1S/C13H19N3O4.ClH/c1-10-9-11(16(18)19)3-4-12(10)13(17)15-6-5-14-7-8-20-2;/h3-4,9,14H,5-8H2,1-2H3,(H,15,17);1H. The Bertz CT molecular complexity index is 482. The fraction of sp³-hybridized carbons (Fsp3) is 0.462. The molecule has 0 atom stereocenters. The van der Waals surface area contributed by atoms with Crippen LogP contribution in [0.3, 0.4) is 0 Å². The van der Waals surface area contributed by atoms with Crippen LogP contribution >= 0.6 is 12.4 Å². The number of rotatable bonds is 8. The van der Waals surface area contributed by atoms with Gasteiger partial charge in [-0.2, -0.15) is 0 Å². The molecular formula is C13H20ClN3O4. The molecule has 8 heteroatoms. The third-order valence-electron chi connectivity index (χ3n) is 2.74. The summed E-state index contributed by atoms with van der Waals surface area (Å²) in [5.74, 6) is -0.231. The smallest absolute Gasteiger partial charge is 0.269 e. The van der Waals surface area contributed by atoms with E-state index in [1.165, 1.54) is 18.2 Å². The lowest BCUT2D eigenvalue weighted by Crippen LogP contribution is -2.33.